The van der Waals surface area contributed by atoms with E-state index in [1.165, 1.54) is 11.3 Å². The predicted octanol–water partition coefficient (Wildman–Crippen LogP) is 5.52. The highest BCUT2D eigenvalue weighted by atomic mass is 35.5. The van der Waals surface area contributed by atoms with Crippen LogP contribution in [0, 0.1) is 13.8 Å². The Labute approximate surface area is 144 Å². The topological polar surface area (TPSA) is 46.5 Å². The first kappa shape index (κ1) is 17.1. The van der Waals surface area contributed by atoms with Gasteiger partial charge in [-0.25, -0.2) is 4.99 Å². The van der Waals surface area contributed by atoms with E-state index in [-0.39, 0.29) is 5.15 Å². The molecule has 0 fully saturated rings. The predicted molar refractivity (Wildman–Crippen MR) is 94.6 cm³/mol. The number of aliphatic imine (C=N–C) groups is 1. The van der Waals surface area contributed by atoms with Crippen molar-refractivity contribution < 1.29 is 4.74 Å². The zero-order chi connectivity index (χ0) is 16.1. The van der Waals surface area contributed by atoms with Crippen LogP contribution in [0.3, 0.4) is 0 Å². The smallest absolute Gasteiger partial charge is 0.281 e. The molecular formula is C15H17Cl2N3OS. The van der Waals surface area contributed by atoms with Gasteiger partial charge in [0, 0.05) is 6.54 Å². The van der Waals surface area contributed by atoms with Crippen molar-refractivity contribution >= 4 is 46.6 Å². The van der Waals surface area contributed by atoms with E-state index in [9.17, 15) is 0 Å². The van der Waals surface area contributed by atoms with Crippen molar-refractivity contribution in [3.05, 3.63) is 32.7 Å². The van der Waals surface area contributed by atoms with E-state index in [0.717, 1.165) is 35.5 Å². The lowest BCUT2D eigenvalue weighted by molar-refractivity contribution is 0.475. The summed E-state index contributed by atoms with van der Waals surface area (Å²) in [4.78, 5) is 8.48. The maximum Gasteiger partial charge on any atom is 0.281 e. The first-order valence-electron chi connectivity index (χ1n) is 6.88. The largest absolute Gasteiger partial charge is 0.431 e. The molecule has 1 heterocycles. The van der Waals surface area contributed by atoms with Crippen molar-refractivity contribution in [1.29, 1.82) is 0 Å². The summed E-state index contributed by atoms with van der Waals surface area (Å²) in [7, 11) is 0. The van der Waals surface area contributed by atoms with Crippen LogP contribution in [0.5, 0.6) is 10.9 Å². The second kappa shape index (κ2) is 7.81. The summed E-state index contributed by atoms with van der Waals surface area (Å²) >= 11 is 12.9. The number of nitrogens with one attached hydrogen (secondary N) is 1. The van der Waals surface area contributed by atoms with Crippen LogP contribution in [0.2, 0.25) is 9.49 Å². The first-order valence-corrected chi connectivity index (χ1v) is 8.45. The molecule has 7 heteroatoms. The lowest BCUT2D eigenvalue weighted by atomic mass is 10.1. The van der Waals surface area contributed by atoms with Gasteiger partial charge in [-0.15, -0.1) is 0 Å². The van der Waals surface area contributed by atoms with Gasteiger partial charge in [-0.2, -0.15) is 4.98 Å². The molecule has 0 unspecified atom stereocenters. The number of nitrogens with zero attached hydrogens (tertiary/aromatic N) is 2. The average molecular weight is 358 g/mol. The summed E-state index contributed by atoms with van der Waals surface area (Å²) in [6, 6.07) is 3.91. The van der Waals surface area contributed by atoms with E-state index in [4.69, 9.17) is 27.9 Å². The molecule has 0 bridgehead atoms. The van der Waals surface area contributed by atoms with Crippen molar-refractivity contribution in [2.24, 2.45) is 4.99 Å². The first-order chi connectivity index (χ1) is 10.5. The minimum absolute atomic E-state index is 0.263. The minimum atomic E-state index is 0.263. The van der Waals surface area contributed by atoms with Crippen molar-refractivity contribution in [1.82, 2.24) is 10.3 Å². The van der Waals surface area contributed by atoms with Gasteiger partial charge in [-0.3, -0.25) is 0 Å². The molecule has 0 aliphatic heterocycles. The summed E-state index contributed by atoms with van der Waals surface area (Å²) in [6.45, 7) is 6.97. The Morgan fingerprint density at radius 1 is 1.32 bits per heavy atom. The van der Waals surface area contributed by atoms with E-state index in [0.29, 0.717) is 9.53 Å². The standard InChI is InChI=1S/C15H17Cl2N3OS/c1-4-5-18-8-19-11-6-10(3)12(7-9(11)2)21-15-20-13(16)14(17)22-15/h6-8H,4-5H2,1-3H3,(H,18,19). The molecule has 0 saturated heterocycles. The number of benzene rings is 1. The lowest BCUT2D eigenvalue weighted by Gasteiger charge is -2.09. The molecule has 2 aromatic rings. The summed E-state index contributed by atoms with van der Waals surface area (Å²) in [5, 5.41) is 3.83. The second-order valence-corrected chi connectivity index (χ2v) is 6.68. The van der Waals surface area contributed by atoms with Crippen molar-refractivity contribution in [2.75, 3.05) is 6.54 Å². The molecule has 4 nitrogen and oxygen atoms in total. The second-order valence-electron chi connectivity index (χ2n) is 4.76. The molecule has 0 amide bonds. The van der Waals surface area contributed by atoms with Gasteiger partial charge in [0.25, 0.3) is 5.19 Å². The van der Waals surface area contributed by atoms with Gasteiger partial charge in [-0.05, 0) is 43.5 Å². The van der Waals surface area contributed by atoms with Crippen LogP contribution < -0.4 is 10.1 Å². The molecular weight excluding hydrogens is 341 g/mol. The van der Waals surface area contributed by atoms with E-state index < -0.39 is 0 Å². The SMILES string of the molecule is CCCN/C=N\c1cc(C)c(Oc2nc(Cl)c(Cl)s2)cc1C. The maximum absolute atomic E-state index is 5.89. The van der Waals surface area contributed by atoms with Gasteiger partial charge in [0.15, 0.2) is 5.15 Å². The quantitative estimate of drug-likeness (QED) is 0.420. The van der Waals surface area contributed by atoms with Gasteiger partial charge in [0.2, 0.25) is 0 Å². The van der Waals surface area contributed by atoms with E-state index in [1.54, 1.807) is 6.34 Å². The third-order valence-corrected chi connectivity index (χ3v) is 4.52. The molecule has 2 rings (SSSR count). The van der Waals surface area contributed by atoms with Crippen molar-refractivity contribution in [3.8, 4) is 10.9 Å². The monoisotopic (exact) mass is 357 g/mol. The zero-order valence-corrected chi connectivity index (χ0v) is 14.9. The fourth-order valence-electron chi connectivity index (χ4n) is 1.75. The third kappa shape index (κ3) is 4.35. The van der Waals surface area contributed by atoms with Gasteiger partial charge >= 0.3 is 0 Å². The number of aryl methyl sites for hydroxylation is 2. The van der Waals surface area contributed by atoms with Crippen LogP contribution in [-0.2, 0) is 0 Å². The molecule has 1 N–H and O–H groups in total. The van der Waals surface area contributed by atoms with Crippen LogP contribution in [0.15, 0.2) is 17.1 Å². The Morgan fingerprint density at radius 3 is 2.73 bits per heavy atom. The Kier molecular flexibility index (Phi) is 6.06. The number of hydrogen-bond donors (Lipinski definition) is 1. The highest BCUT2D eigenvalue weighted by Gasteiger charge is 2.11. The fraction of sp³-hybridized carbons (Fsp3) is 0.333. The normalized spacial score (nSPS) is 11.1. The number of thiazole rings is 1. The fourth-order valence-corrected chi connectivity index (χ4v) is 2.79. The summed E-state index contributed by atoms with van der Waals surface area (Å²) in [5.41, 5.74) is 2.89. The number of rotatable bonds is 6. The van der Waals surface area contributed by atoms with Gasteiger partial charge in [-0.1, -0.05) is 41.5 Å². The Morgan fingerprint density at radius 2 is 2.09 bits per heavy atom. The molecule has 0 atom stereocenters. The summed E-state index contributed by atoms with van der Waals surface area (Å²) in [6.07, 6.45) is 2.79. The molecule has 0 aliphatic carbocycles. The third-order valence-electron chi connectivity index (χ3n) is 2.91. The average Bonchev–Trinajstić information content (AvgIpc) is 2.78. The molecule has 0 saturated carbocycles. The van der Waals surface area contributed by atoms with Crippen LogP contribution in [-0.4, -0.2) is 17.9 Å². The van der Waals surface area contributed by atoms with E-state index in [1.807, 2.05) is 26.0 Å². The number of halogens is 2. The lowest BCUT2D eigenvalue weighted by Crippen LogP contribution is -2.10. The minimum Gasteiger partial charge on any atom is -0.431 e. The number of aromatic nitrogens is 1. The molecule has 0 radical (unpaired) electrons. The maximum atomic E-state index is 5.89. The van der Waals surface area contributed by atoms with Crippen LogP contribution in [0.4, 0.5) is 5.69 Å². The molecule has 118 valence electrons. The molecule has 0 aliphatic rings. The van der Waals surface area contributed by atoms with E-state index in [2.05, 4.69) is 22.2 Å². The van der Waals surface area contributed by atoms with Gasteiger partial charge in [0.05, 0.1) is 12.0 Å². The Hall–Kier alpha value is -1.30. The number of ether oxygens (including phenoxy) is 1. The molecule has 0 spiro atoms. The van der Waals surface area contributed by atoms with Crippen LogP contribution in [0.1, 0.15) is 24.5 Å². The highest BCUT2D eigenvalue weighted by Crippen LogP contribution is 2.37. The molecule has 22 heavy (non-hydrogen) atoms. The number of hydrogen-bond acceptors (Lipinski definition) is 4. The summed E-state index contributed by atoms with van der Waals surface area (Å²) < 4.78 is 6.19. The Bertz CT molecular complexity index is 666. The van der Waals surface area contributed by atoms with E-state index >= 15 is 0 Å². The highest BCUT2D eigenvalue weighted by molar-refractivity contribution is 7.18. The zero-order valence-electron chi connectivity index (χ0n) is 12.6. The summed E-state index contributed by atoms with van der Waals surface area (Å²) in [5.74, 6) is 0.722. The van der Waals surface area contributed by atoms with Gasteiger partial charge in [0.1, 0.15) is 10.1 Å². The van der Waals surface area contributed by atoms with Gasteiger partial charge < -0.3 is 10.1 Å². The van der Waals surface area contributed by atoms with Crippen molar-refractivity contribution in [3.63, 3.8) is 0 Å². The van der Waals surface area contributed by atoms with Crippen LogP contribution >= 0.6 is 34.5 Å². The molecule has 1 aromatic carbocycles. The van der Waals surface area contributed by atoms with Crippen molar-refractivity contribution in [2.45, 2.75) is 27.2 Å². The molecule has 1 aromatic heterocycles. The van der Waals surface area contributed by atoms with Crippen LogP contribution in [0.25, 0.3) is 0 Å². The Balaban J connectivity index is 2.17.